The molecule has 1 rings (SSSR count). The fraction of sp³-hybridized carbons (Fsp3) is 0.417. The number of anilines is 1. The average Bonchev–Trinajstić information content (AvgIpc) is 2.27. The SMILES string of the molecule is COc1ccc(NC(=S)NC(C)C)cc1OC. The minimum atomic E-state index is 0.301. The molecule has 0 saturated heterocycles. The normalized spacial score (nSPS) is 9.94. The number of hydrogen-bond donors (Lipinski definition) is 2. The minimum absolute atomic E-state index is 0.301. The maximum Gasteiger partial charge on any atom is 0.170 e. The highest BCUT2D eigenvalue weighted by molar-refractivity contribution is 7.80. The molecule has 0 bridgehead atoms. The molecule has 94 valence electrons. The summed E-state index contributed by atoms with van der Waals surface area (Å²) in [4.78, 5) is 0. The van der Waals surface area contributed by atoms with Crippen LogP contribution in [0.3, 0.4) is 0 Å². The highest BCUT2D eigenvalue weighted by Gasteiger charge is 2.05. The lowest BCUT2D eigenvalue weighted by atomic mass is 10.3. The number of ether oxygens (including phenoxy) is 2. The van der Waals surface area contributed by atoms with Crippen LogP contribution in [-0.4, -0.2) is 25.4 Å². The second-order valence-electron chi connectivity index (χ2n) is 3.82. The molecule has 0 aliphatic carbocycles. The molecule has 0 spiro atoms. The first-order chi connectivity index (χ1) is 8.06. The van der Waals surface area contributed by atoms with Gasteiger partial charge in [-0.15, -0.1) is 0 Å². The van der Waals surface area contributed by atoms with E-state index >= 15 is 0 Å². The van der Waals surface area contributed by atoms with Crippen LogP contribution in [0.1, 0.15) is 13.8 Å². The molecular formula is C12H18N2O2S. The van der Waals surface area contributed by atoms with Gasteiger partial charge in [-0.05, 0) is 38.2 Å². The van der Waals surface area contributed by atoms with E-state index in [1.54, 1.807) is 14.2 Å². The standard InChI is InChI=1S/C12H18N2O2S/c1-8(2)13-12(17)14-9-5-6-10(15-3)11(7-9)16-4/h5-8H,1-4H3,(H2,13,14,17). The third-order valence-corrected chi connectivity index (χ3v) is 2.28. The number of thiocarbonyl (C=S) groups is 1. The summed E-state index contributed by atoms with van der Waals surface area (Å²) in [6, 6.07) is 5.86. The fourth-order valence-electron chi connectivity index (χ4n) is 1.34. The van der Waals surface area contributed by atoms with Crippen LogP contribution in [0, 0.1) is 0 Å². The Labute approximate surface area is 107 Å². The van der Waals surface area contributed by atoms with Gasteiger partial charge in [-0.1, -0.05) is 0 Å². The van der Waals surface area contributed by atoms with E-state index in [0.717, 1.165) is 5.69 Å². The van der Waals surface area contributed by atoms with Crippen LogP contribution in [0.5, 0.6) is 11.5 Å². The third kappa shape index (κ3) is 4.11. The van der Waals surface area contributed by atoms with Crippen LogP contribution < -0.4 is 20.1 Å². The van der Waals surface area contributed by atoms with Gasteiger partial charge in [0.1, 0.15) is 0 Å². The van der Waals surface area contributed by atoms with Crippen LogP contribution in [0.4, 0.5) is 5.69 Å². The zero-order chi connectivity index (χ0) is 12.8. The van der Waals surface area contributed by atoms with Gasteiger partial charge in [0, 0.05) is 17.8 Å². The Morgan fingerprint density at radius 2 is 1.82 bits per heavy atom. The van der Waals surface area contributed by atoms with E-state index < -0.39 is 0 Å². The maximum absolute atomic E-state index is 5.21. The van der Waals surface area contributed by atoms with Crippen molar-refractivity contribution >= 4 is 23.0 Å². The maximum atomic E-state index is 5.21. The molecule has 0 heterocycles. The Bertz CT molecular complexity index is 394. The summed E-state index contributed by atoms with van der Waals surface area (Å²) in [5.74, 6) is 1.37. The van der Waals surface area contributed by atoms with Gasteiger partial charge in [-0.25, -0.2) is 0 Å². The predicted molar refractivity (Wildman–Crippen MR) is 74.0 cm³/mol. The van der Waals surface area contributed by atoms with Gasteiger partial charge in [-0.3, -0.25) is 0 Å². The molecule has 5 heteroatoms. The summed E-state index contributed by atoms with van der Waals surface area (Å²) in [6.45, 7) is 4.06. The Morgan fingerprint density at radius 1 is 1.18 bits per heavy atom. The van der Waals surface area contributed by atoms with Crippen LogP contribution in [0.25, 0.3) is 0 Å². The summed E-state index contributed by atoms with van der Waals surface area (Å²) in [7, 11) is 3.21. The summed E-state index contributed by atoms with van der Waals surface area (Å²) in [5.41, 5.74) is 0.862. The molecule has 0 aliphatic rings. The van der Waals surface area contributed by atoms with E-state index in [0.29, 0.717) is 22.7 Å². The number of nitrogens with one attached hydrogen (secondary N) is 2. The number of benzene rings is 1. The van der Waals surface area contributed by atoms with E-state index in [9.17, 15) is 0 Å². The molecule has 4 nitrogen and oxygen atoms in total. The van der Waals surface area contributed by atoms with Crippen molar-refractivity contribution < 1.29 is 9.47 Å². The van der Waals surface area contributed by atoms with Crippen molar-refractivity contribution in [3.05, 3.63) is 18.2 Å². The van der Waals surface area contributed by atoms with Crippen LogP contribution in [0.2, 0.25) is 0 Å². The van der Waals surface area contributed by atoms with E-state index in [1.165, 1.54) is 0 Å². The first-order valence-corrected chi connectivity index (χ1v) is 5.77. The monoisotopic (exact) mass is 254 g/mol. The third-order valence-electron chi connectivity index (χ3n) is 2.06. The van der Waals surface area contributed by atoms with Gasteiger partial charge < -0.3 is 20.1 Å². The Hall–Kier alpha value is -1.49. The number of methoxy groups -OCH3 is 2. The molecule has 0 saturated carbocycles. The summed E-state index contributed by atoms with van der Waals surface area (Å²) < 4.78 is 10.4. The lowest BCUT2D eigenvalue weighted by Gasteiger charge is -2.14. The molecule has 0 unspecified atom stereocenters. The molecule has 0 amide bonds. The molecule has 0 aliphatic heterocycles. The molecule has 2 N–H and O–H groups in total. The van der Waals surface area contributed by atoms with Crippen molar-refractivity contribution in [3.8, 4) is 11.5 Å². The number of hydrogen-bond acceptors (Lipinski definition) is 3. The van der Waals surface area contributed by atoms with Gasteiger partial charge in [0.2, 0.25) is 0 Å². The molecule has 0 aromatic heterocycles. The lowest BCUT2D eigenvalue weighted by molar-refractivity contribution is 0.355. The average molecular weight is 254 g/mol. The first-order valence-electron chi connectivity index (χ1n) is 5.36. The van der Waals surface area contributed by atoms with Gasteiger partial charge >= 0.3 is 0 Å². The van der Waals surface area contributed by atoms with E-state index in [-0.39, 0.29) is 0 Å². The fourth-order valence-corrected chi connectivity index (χ4v) is 1.70. The largest absolute Gasteiger partial charge is 0.493 e. The minimum Gasteiger partial charge on any atom is -0.493 e. The molecular weight excluding hydrogens is 236 g/mol. The van der Waals surface area contributed by atoms with Crippen molar-refractivity contribution in [2.45, 2.75) is 19.9 Å². The quantitative estimate of drug-likeness (QED) is 0.808. The lowest BCUT2D eigenvalue weighted by Crippen LogP contribution is -2.33. The van der Waals surface area contributed by atoms with Crippen molar-refractivity contribution in [1.82, 2.24) is 5.32 Å². The molecule has 17 heavy (non-hydrogen) atoms. The van der Waals surface area contributed by atoms with Crippen molar-refractivity contribution in [3.63, 3.8) is 0 Å². The number of rotatable bonds is 4. The van der Waals surface area contributed by atoms with E-state index in [4.69, 9.17) is 21.7 Å². The van der Waals surface area contributed by atoms with Gasteiger partial charge in [0.05, 0.1) is 14.2 Å². The zero-order valence-corrected chi connectivity index (χ0v) is 11.4. The van der Waals surface area contributed by atoms with Gasteiger partial charge in [0.15, 0.2) is 16.6 Å². The van der Waals surface area contributed by atoms with Gasteiger partial charge in [0.25, 0.3) is 0 Å². The Balaban J connectivity index is 2.75. The van der Waals surface area contributed by atoms with E-state index in [2.05, 4.69) is 10.6 Å². The smallest absolute Gasteiger partial charge is 0.170 e. The highest BCUT2D eigenvalue weighted by Crippen LogP contribution is 2.29. The molecule has 1 aromatic rings. The molecule has 0 atom stereocenters. The topological polar surface area (TPSA) is 42.5 Å². The second-order valence-corrected chi connectivity index (χ2v) is 4.23. The second kappa shape index (κ2) is 6.30. The van der Waals surface area contributed by atoms with Crippen molar-refractivity contribution in [2.75, 3.05) is 19.5 Å². The van der Waals surface area contributed by atoms with Crippen LogP contribution >= 0.6 is 12.2 Å². The van der Waals surface area contributed by atoms with Gasteiger partial charge in [-0.2, -0.15) is 0 Å². The summed E-state index contributed by atoms with van der Waals surface area (Å²) in [6.07, 6.45) is 0. The molecule has 0 fully saturated rings. The van der Waals surface area contributed by atoms with Crippen LogP contribution in [-0.2, 0) is 0 Å². The first kappa shape index (κ1) is 13.6. The van der Waals surface area contributed by atoms with Crippen LogP contribution in [0.15, 0.2) is 18.2 Å². The molecule has 0 radical (unpaired) electrons. The highest BCUT2D eigenvalue weighted by atomic mass is 32.1. The summed E-state index contributed by atoms with van der Waals surface area (Å²) >= 11 is 5.16. The van der Waals surface area contributed by atoms with E-state index in [1.807, 2.05) is 32.0 Å². The predicted octanol–water partition coefficient (Wildman–Crippen LogP) is 2.40. The zero-order valence-electron chi connectivity index (χ0n) is 10.5. The van der Waals surface area contributed by atoms with Crippen molar-refractivity contribution in [1.29, 1.82) is 0 Å². The van der Waals surface area contributed by atoms with Crippen molar-refractivity contribution in [2.24, 2.45) is 0 Å². The molecule has 1 aromatic carbocycles. The Kier molecular flexibility index (Phi) is 5.03. The summed E-state index contributed by atoms with van der Waals surface area (Å²) in [5, 5.41) is 6.78. The Morgan fingerprint density at radius 3 is 2.35 bits per heavy atom.